The van der Waals surface area contributed by atoms with Gasteiger partial charge in [0.05, 0.1) is 5.69 Å². The van der Waals surface area contributed by atoms with Gasteiger partial charge < -0.3 is 10.3 Å². The molecule has 3 aromatic rings. The molecule has 0 radical (unpaired) electrons. The molecule has 0 atom stereocenters. The summed E-state index contributed by atoms with van der Waals surface area (Å²) in [6.07, 6.45) is 4.00. The van der Waals surface area contributed by atoms with E-state index in [2.05, 4.69) is 20.3 Å². The second-order valence-electron chi connectivity index (χ2n) is 6.48. The maximum absolute atomic E-state index is 12.7. The minimum atomic E-state index is -0.131. The highest BCUT2D eigenvalue weighted by Crippen LogP contribution is 2.41. The van der Waals surface area contributed by atoms with E-state index >= 15 is 0 Å². The van der Waals surface area contributed by atoms with Crippen molar-refractivity contribution in [1.82, 2.24) is 20.3 Å². The molecule has 1 saturated carbocycles. The third kappa shape index (κ3) is 3.45. The maximum Gasteiger partial charge on any atom is 0.272 e. The van der Waals surface area contributed by atoms with Gasteiger partial charge in [0.25, 0.3) is 5.91 Å². The van der Waals surface area contributed by atoms with Crippen LogP contribution in [0.15, 0.2) is 48.7 Å². The molecular formula is C20H20N4O. The molecule has 5 nitrogen and oxygen atoms in total. The Morgan fingerprint density at radius 2 is 2.00 bits per heavy atom. The van der Waals surface area contributed by atoms with Crippen LogP contribution in [0.3, 0.4) is 0 Å². The predicted molar refractivity (Wildman–Crippen MR) is 96.1 cm³/mol. The first kappa shape index (κ1) is 15.6. The molecule has 1 aliphatic carbocycles. The molecule has 2 heterocycles. The molecule has 0 saturated heterocycles. The Bertz CT molecular complexity index is 880. The first-order valence-electron chi connectivity index (χ1n) is 8.56. The zero-order valence-electron chi connectivity index (χ0n) is 14.1. The van der Waals surface area contributed by atoms with Crippen LogP contribution in [-0.2, 0) is 6.54 Å². The third-order valence-electron chi connectivity index (χ3n) is 4.41. The summed E-state index contributed by atoms with van der Waals surface area (Å²) in [7, 11) is 0. The van der Waals surface area contributed by atoms with Crippen LogP contribution in [-0.4, -0.2) is 20.9 Å². The van der Waals surface area contributed by atoms with Crippen molar-refractivity contribution in [3.63, 3.8) is 0 Å². The van der Waals surface area contributed by atoms with Gasteiger partial charge in [-0.2, -0.15) is 0 Å². The maximum atomic E-state index is 12.7. The molecule has 1 fully saturated rings. The van der Waals surface area contributed by atoms with Gasteiger partial charge in [0.1, 0.15) is 11.5 Å². The Morgan fingerprint density at radius 1 is 1.20 bits per heavy atom. The quantitative estimate of drug-likeness (QED) is 0.750. The molecule has 1 aliphatic rings. The standard InChI is InChI=1S/C20H20N4O/c1-13-7-8-16(12-21-13)19-23-17(15-9-10-15)18(24-19)20(25)22-11-14-5-3-2-4-6-14/h2-8,12,15H,9-11H2,1H3,(H,22,25)(H,23,24). The smallest absolute Gasteiger partial charge is 0.272 e. The van der Waals surface area contributed by atoms with Gasteiger partial charge in [0.15, 0.2) is 0 Å². The van der Waals surface area contributed by atoms with Crippen molar-refractivity contribution in [2.45, 2.75) is 32.2 Å². The fraction of sp³-hybridized carbons (Fsp3) is 0.250. The molecule has 2 aromatic heterocycles. The van der Waals surface area contributed by atoms with Crippen LogP contribution in [0.25, 0.3) is 11.4 Å². The normalized spacial score (nSPS) is 13.6. The topological polar surface area (TPSA) is 70.7 Å². The summed E-state index contributed by atoms with van der Waals surface area (Å²) in [4.78, 5) is 24.9. The minimum Gasteiger partial charge on any atom is -0.347 e. The van der Waals surface area contributed by atoms with Gasteiger partial charge in [0, 0.05) is 29.9 Å². The molecule has 4 rings (SSSR count). The van der Waals surface area contributed by atoms with Crippen LogP contribution in [0.4, 0.5) is 0 Å². The second-order valence-corrected chi connectivity index (χ2v) is 6.48. The van der Waals surface area contributed by atoms with Crippen LogP contribution in [0.2, 0.25) is 0 Å². The van der Waals surface area contributed by atoms with Crippen molar-refractivity contribution >= 4 is 5.91 Å². The Labute approximate surface area is 146 Å². The van der Waals surface area contributed by atoms with Crippen molar-refractivity contribution in [3.8, 4) is 11.4 Å². The van der Waals surface area contributed by atoms with Crippen molar-refractivity contribution in [2.75, 3.05) is 0 Å². The zero-order chi connectivity index (χ0) is 17.2. The van der Waals surface area contributed by atoms with Gasteiger partial charge >= 0.3 is 0 Å². The number of aromatic amines is 1. The van der Waals surface area contributed by atoms with E-state index < -0.39 is 0 Å². The summed E-state index contributed by atoms with van der Waals surface area (Å²) in [6, 6.07) is 13.8. The van der Waals surface area contributed by atoms with Gasteiger partial charge in [-0.25, -0.2) is 4.98 Å². The van der Waals surface area contributed by atoms with Crippen molar-refractivity contribution < 1.29 is 4.79 Å². The van der Waals surface area contributed by atoms with Gasteiger partial charge in [-0.05, 0) is 37.5 Å². The van der Waals surface area contributed by atoms with E-state index in [1.165, 1.54) is 0 Å². The molecule has 5 heteroatoms. The number of nitrogens with zero attached hydrogens (tertiary/aromatic N) is 2. The van der Waals surface area contributed by atoms with Crippen LogP contribution in [0, 0.1) is 6.92 Å². The zero-order valence-corrected chi connectivity index (χ0v) is 14.1. The van der Waals surface area contributed by atoms with Gasteiger partial charge in [-0.3, -0.25) is 9.78 Å². The lowest BCUT2D eigenvalue weighted by Crippen LogP contribution is -2.24. The van der Waals surface area contributed by atoms with Crippen molar-refractivity contribution in [2.24, 2.45) is 0 Å². The van der Waals surface area contributed by atoms with E-state index in [1.807, 2.05) is 49.4 Å². The summed E-state index contributed by atoms with van der Waals surface area (Å²) in [5.74, 6) is 0.990. The van der Waals surface area contributed by atoms with E-state index in [0.717, 1.165) is 35.4 Å². The molecular weight excluding hydrogens is 312 g/mol. The number of aryl methyl sites for hydroxylation is 1. The lowest BCUT2D eigenvalue weighted by atomic mass is 10.2. The number of carbonyl (C=O) groups excluding carboxylic acids is 1. The first-order chi connectivity index (χ1) is 12.2. The summed E-state index contributed by atoms with van der Waals surface area (Å²) < 4.78 is 0. The Balaban J connectivity index is 1.57. The highest BCUT2D eigenvalue weighted by Gasteiger charge is 2.31. The van der Waals surface area contributed by atoms with Crippen molar-refractivity contribution in [3.05, 3.63) is 71.3 Å². The molecule has 1 amide bonds. The predicted octanol–water partition coefficient (Wildman–Crippen LogP) is 3.59. The monoisotopic (exact) mass is 332 g/mol. The summed E-state index contributed by atoms with van der Waals surface area (Å²) in [5.41, 5.74) is 4.38. The molecule has 0 spiro atoms. The van der Waals surface area contributed by atoms with E-state index in [-0.39, 0.29) is 5.91 Å². The lowest BCUT2D eigenvalue weighted by molar-refractivity contribution is 0.0945. The van der Waals surface area contributed by atoms with Crippen molar-refractivity contribution in [1.29, 1.82) is 0 Å². The number of imidazole rings is 1. The van der Waals surface area contributed by atoms with Crippen LogP contribution in [0.5, 0.6) is 0 Å². The summed E-state index contributed by atoms with van der Waals surface area (Å²) in [5, 5.41) is 2.98. The average molecular weight is 332 g/mol. The number of benzene rings is 1. The summed E-state index contributed by atoms with van der Waals surface area (Å²) >= 11 is 0. The van der Waals surface area contributed by atoms with Gasteiger partial charge in [-0.1, -0.05) is 30.3 Å². The molecule has 25 heavy (non-hydrogen) atoms. The van der Waals surface area contributed by atoms with Gasteiger partial charge in [-0.15, -0.1) is 0 Å². The molecule has 0 aliphatic heterocycles. The second kappa shape index (κ2) is 6.51. The Kier molecular flexibility index (Phi) is 4.06. The number of amides is 1. The molecule has 2 N–H and O–H groups in total. The van der Waals surface area contributed by atoms with E-state index in [4.69, 9.17) is 0 Å². The molecule has 0 bridgehead atoms. The van der Waals surface area contributed by atoms with Crippen LogP contribution in [0.1, 0.15) is 46.2 Å². The fourth-order valence-corrected chi connectivity index (χ4v) is 2.83. The third-order valence-corrected chi connectivity index (χ3v) is 4.41. The Hall–Kier alpha value is -2.95. The number of nitrogens with one attached hydrogen (secondary N) is 2. The van der Waals surface area contributed by atoms with Gasteiger partial charge in [0.2, 0.25) is 0 Å². The summed E-state index contributed by atoms with van der Waals surface area (Å²) in [6.45, 7) is 2.45. The number of aromatic nitrogens is 3. The molecule has 0 unspecified atom stereocenters. The molecule has 1 aromatic carbocycles. The number of carbonyl (C=O) groups is 1. The van der Waals surface area contributed by atoms with E-state index in [9.17, 15) is 4.79 Å². The average Bonchev–Trinajstić information content (AvgIpc) is 3.40. The van der Waals surface area contributed by atoms with Crippen LogP contribution >= 0.6 is 0 Å². The number of hydrogen-bond donors (Lipinski definition) is 2. The van der Waals surface area contributed by atoms with E-state index in [0.29, 0.717) is 24.0 Å². The largest absolute Gasteiger partial charge is 0.347 e. The number of rotatable bonds is 5. The highest BCUT2D eigenvalue weighted by molar-refractivity contribution is 5.94. The first-order valence-corrected chi connectivity index (χ1v) is 8.56. The highest BCUT2D eigenvalue weighted by atomic mass is 16.1. The van der Waals surface area contributed by atoms with E-state index in [1.54, 1.807) is 6.20 Å². The number of H-pyrrole nitrogens is 1. The lowest BCUT2D eigenvalue weighted by Gasteiger charge is -2.04. The fourth-order valence-electron chi connectivity index (χ4n) is 2.83. The number of pyridine rings is 1. The molecule has 126 valence electrons. The minimum absolute atomic E-state index is 0.131. The Morgan fingerprint density at radius 3 is 2.68 bits per heavy atom. The number of hydrogen-bond acceptors (Lipinski definition) is 3. The SMILES string of the molecule is Cc1ccc(-c2nc(C(=O)NCc3ccccc3)c(C3CC3)[nH]2)cn1. The van der Waals surface area contributed by atoms with Crippen LogP contribution < -0.4 is 5.32 Å².